The van der Waals surface area contributed by atoms with Crippen molar-refractivity contribution in [3.05, 3.63) is 33.8 Å². The molecule has 0 saturated heterocycles. The minimum atomic E-state index is -0.602. The third-order valence-electron chi connectivity index (χ3n) is 3.17. The number of aliphatic carboxylic acids is 1. The number of hydrogen-bond acceptors (Lipinski definition) is 2. The summed E-state index contributed by atoms with van der Waals surface area (Å²) in [6, 6.07) is 5.37. The molecule has 1 aromatic carbocycles. The molecular weight excluding hydrogens is 285 g/mol. The Bertz CT molecular complexity index is 418. The fourth-order valence-corrected chi connectivity index (χ4v) is 2.34. The van der Waals surface area contributed by atoms with Gasteiger partial charge in [0, 0.05) is 6.54 Å². The Morgan fingerprint density at radius 3 is 2.26 bits per heavy atom. The molecule has 5 heteroatoms. The lowest BCUT2D eigenvalue weighted by molar-refractivity contribution is -0.142. The van der Waals surface area contributed by atoms with Gasteiger partial charge in [-0.05, 0) is 30.5 Å². The Kier molecular flexibility index (Phi) is 7.21. The molecule has 0 bridgehead atoms. The first kappa shape index (κ1) is 16.3. The molecule has 3 N–H and O–H groups in total. The van der Waals surface area contributed by atoms with Crippen LogP contribution >= 0.6 is 23.2 Å². The first-order chi connectivity index (χ1) is 9.04. The predicted octanol–water partition coefficient (Wildman–Crippen LogP) is 4.10. The second-order valence-electron chi connectivity index (χ2n) is 4.63. The van der Waals surface area contributed by atoms with Gasteiger partial charge < -0.3 is 10.8 Å². The number of benzene rings is 1. The lowest BCUT2D eigenvalue weighted by atomic mass is 9.90. The Hall–Kier alpha value is -0.770. The van der Waals surface area contributed by atoms with Gasteiger partial charge in [0.1, 0.15) is 0 Å². The van der Waals surface area contributed by atoms with Crippen LogP contribution in [0.5, 0.6) is 0 Å². The smallest absolute Gasteiger partial charge is 0.306 e. The average Bonchev–Trinajstić information content (AvgIpc) is 2.43. The van der Waals surface area contributed by atoms with E-state index >= 15 is 0 Å². The molecule has 0 heterocycles. The molecule has 1 aromatic rings. The lowest BCUT2D eigenvalue weighted by Crippen LogP contribution is -2.16. The molecule has 1 aliphatic carbocycles. The van der Waals surface area contributed by atoms with Gasteiger partial charge >= 0.3 is 5.97 Å². The number of nitrogens with two attached hydrogens (primary N) is 1. The van der Waals surface area contributed by atoms with E-state index in [1.54, 1.807) is 12.1 Å². The second kappa shape index (κ2) is 8.41. The summed E-state index contributed by atoms with van der Waals surface area (Å²) in [6.07, 6.45) is 5.24. The molecule has 0 atom stereocenters. The Morgan fingerprint density at radius 1 is 1.21 bits per heavy atom. The molecular formula is C14H19Cl2NO2. The van der Waals surface area contributed by atoms with Crippen LogP contribution < -0.4 is 5.73 Å². The zero-order valence-corrected chi connectivity index (χ0v) is 12.3. The third kappa shape index (κ3) is 5.81. The summed E-state index contributed by atoms with van der Waals surface area (Å²) in [6.45, 7) is 0.497. The topological polar surface area (TPSA) is 63.3 Å². The van der Waals surface area contributed by atoms with E-state index in [-0.39, 0.29) is 5.92 Å². The fraction of sp³-hybridized carbons (Fsp3) is 0.500. The van der Waals surface area contributed by atoms with Gasteiger partial charge in [0.05, 0.1) is 16.0 Å². The first-order valence-electron chi connectivity index (χ1n) is 6.41. The Morgan fingerprint density at radius 2 is 1.84 bits per heavy atom. The van der Waals surface area contributed by atoms with Crippen LogP contribution in [0, 0.1) is 5.92 Å². The number of hydrogen-bond donors (Lipinski definition) is 2. The molecule has 0 unspecified atom stereocenters. The number of carboxylic acids is 1. The van der Waals surface area contributed by atoms with Gasteiger partial charge in [0.15, 0.2) is 0 Å². The number of halogens is 2. The molecule has 106 valence electrons. The van der Waals surface area contributed by atoms with Crippen LogP contribution in [-0.4, -0.2) is 11.1 Å². The van der Waals surface area contributed by atoms with Gasteiger partial charge in [0.2, 0.25) is 0 Å². The van der Waals surface area contributed by atoms with Crippen molar-refractivity contribution < 1.29 is 9.90 Å². The molecule has 0 aliphatic heterocycles. The predicted molar refractivity (Wildman–Crippen MR) is 78.6 cm³/mol. The van der Waals surface area contributed by atoms with E-state index in [9.17, 15) is 4.79 Å². The van der Waals surface area contributed by atoms with E-state index in [2.05, 4.69) is 0 Å². The molecule has 0 radical (unpaired) electrons. The summed E-state index contributed by atoms with van der Waals surface area (Å²) in [5, 5.41) is 9.67. The van der Waals surface area contributed by atoms with E-state index in [0.717, 1.165) is 31.2 Å². The van der Waals surface area contributed by atoms with Crippen LogP contribution in [0.2, 0.25) is 10.0 Å². The van der Waals surface area contributed by atoms with Crippen LogP contribution in [0.3, 0.4) is 0 Å². The average molecular weight is 304 g/mol. The summed E-state index contributed by atoms with van der Waals surface area (Å²) >= 11 is 11.4. The fourth-order valence-electron chi connectivity index (χ4n) is 2.02. The Labute approximate surface area is 123 Å². The molecule has 0 aromatic heterocycles. The van der Waals surface area contributed by atoms with Crippen molar-refractivity contribution in [3.63, 3.8) is 0 Å². The molecule has 1 fully saturated rings. The van der Waals surface area contributed by atoms with Crippen LogP contribution in [0.4, 0.5) is 0 Å². The van der Waals surface area contributed by atoms with Crippen molar-refractivity contribution in [1.82, 2.24) is 0 Å². The second-order valence-corrected chi connectivity index (χ2v) is 5.44. The number of carbonyl (C=O) groups is 1. The van der Waals surface area contributed by atoms with E-state index in [0.29, 0.717) is 16.6 Å². The summed E-state index contributed by atoms with van der Waals surface area (Å²) in [5.41, 5.74) is 6.36. The van der Waals surface area contributed by atoms with Crippen LogP contribution in [0.1, 0.15) is 37.7 Å². The van der Waals surface area contributed by atoms with Gasteiger partial charge in [-0.15, -0.1) is 0 Å². The van der Waals surface area contributed by atoms with Crippen LogP contribution in [-0.2, 0) is 11.3 Å². The number of rotatable bonds is 2. The quantitative estimate of drug-likeness (QED) is 0.864. The first-order valence-corrected chi connectivity index (χ1v) is 7.17. The maximum atomic E-state index is 10.4. The van der Waals surface area contributed by atoms with Crippen molar-refractivity contribution in [3.8, 4) is 0 Å². The highest BCUT2D eigenvalue weighted by Gasteiger charge is 2.19. The molecule has 0 amide bonds. The summed E-state index contributed by atoms with van der Waals surface area (Å²) in [5.74, 6) is -0.631. The van der Waals surface area contributed by atoms with Gasteiger partial charge in [-0.25, -0.2) is 0 Å². The van der Waals surface area contributed by atoms with E-state index in [1.165, 1.54) is 6.42 Å². The van der Waals surface area contributed by atoms with Crippen LogP contribution in [0.25, 0.3) is 0 Å². The summed E-state index contributed by atoms with van der Waals surface area (Å²) < 4.78 is 0. The van der Waals surface area contributed by atoms with Gasteiger partial charge in [-0.1, -0.05) is 48.5 Å². The molecule has 1 aliphatic rings. The summed E-state index contributed by atoms with van der Waals surface area (Å²) in [4.78, 5) is 10.4. The zero-order valence-electron chi connectivity index (χ0n) is 10.7. The van der Waals surface area contributed by atoms with Gasteiger partial charge in [-0.2, -0.15) is 0 Å². The SMILES string of the molecule is NCc1ccc(Cl)c(Cl)c1.O=C(O)C1CCCCC1. The van der Waals surface area contributed by atoms with E-state index in [4.69, 9.17) is 34.0 Å². The highest BCUT2D eigenvalue weighted by atomic mass is 35.5. The highest BCUT2D eigenvalue weighted by Crippen LogP contribution is 2.23. The Balaban J connectivity index is 0.000000191. The monoisotopic (exact) mass is 303 g/mol. The molecule has 1 saturated carbocycles. The normalized spacial score (nSPS) is 15.5. The van der Waals surface area contributed by atoms with Gasteiger partial charge in [0.25, 0.3) is 0 Å². The van der Waals surface area contributed by atoms with Crippen molar-refractivity contribution in [2.75, 3.05) is 0 Å². The molecule has 0 spiro atoms. The van der Waals surface area contributed by atoms with Gasteiger partial charge in [-0.3, -0.25) is 4.79 Å². The molecule has 2 rings (SSSR count). The maximum absolute atomic E-state index is 10.4. The van der Waals surface area contributed by atoms with E-state index < -0.39 is 5.97 Å². The number of carboxylic acid groups (broad SMARTS) is 1. The maximum Gasteiger partial charge on any atom is 0.306 e. The third-order valence-corrected chi connectivity index (χ3v) is 3.91. The summed E-state index contributed by atoms with van der Waals surface area (Å²) in [7, 11) is 0. The zero-order chi connectivity index (χ0) is 14.3. The molecule has 19 heavy (non-hydrogen) atoms. The largest absolute Gasteiger partial charge is 0.481 e. The van der Waals surface area contributed by atoms with Crippen molar-refractivity contribution in [1.29, 1.82) is 0 Å². The van der Waals surface area contributed by atoms with Crippen molar-refractivity contribution >= 4 is 29.2 Å². The molecule has 3 nitrogen and oxygen atoms in total. The van der Waals surface area contributed by atoms with Crippen molar-refractivity contribution in [2.24, 2.45) is 11.7 Å². The standard InChI is InChI=1S/C7H7Cl2N.C7H12O2/c8-6-2-1-5(4-10)3-7(6)9;8-7(9)6-4-2-1-3-5-6/h1-3H,4,10H2;6H,1-5H2,(H,8,9). The lowest BCUT2D eigenvalue weighted by Gasteiger charge is -2.16. The minimum absolute atomic E-state index is 0.0289. The van der Waals surface area contributed by atoms with Crippen molar-refractivity contribution in [2.45, 2.75) is 38.6 Å². The van der Waals surface area contributed by atoms with E-state index in [1.807, 2.05) is 6.07 Å². The minimum Gasteiger partial charge on any atom is -0.481 e. The highest BCUT2D eigenvalue weighted by molar-refractivity contribution is 6.42. The van der Waals surface area contributed by atoms with Crippen LogP contribution in [0.15, 0.2) is 18.2 Å².